The minimum atomic E-state index is 0.211. The molecule has 0 spiro atoms. The van der Waals surface area contributed by atoms with Crippen molar-refractivity contribution in [1.82, 2.24) is 4.98 Å². The van der Waals surface area contributed by atoms with E-state index in [0.29, 0.717) is 0 Å². The third-order valence-corrected chi connectivity index (χ3v) is 2.55. The van der Waals surface area contributed by atoms with Crippen molar-refractivity contribution in [3.05, 3.63) is 23.4 Å². The van der Waals surface area contributed by atoms with Crippen molar-refractivity contribution in [2.45, 2.75) is 12.8 Å². The van der Waals surface area contributed by atoms with Gasteiger partial charge in [0.1, 0.15) is 5.82 Å². The fraction of sp³-hybridized carbons (Fsp3) is 0.500. The number of hydrogen-bond acceptors (Lipinski definition) is 3. The summed E-state index contributed by atoms with van der Waals surface area (Å²) >= 11 is 0. The van der Waals surface area contributed by atoms with Gasteiger partial charge in [0.25, 0.3) is 0 Å². The van der Waals surface area contributed by atoms with Crippen LogP contribution in [0.4, 0.5) is 5.82 Å². The Bertz CT molecular complexity index is 325. The first-order valence-corrected chi connectivity index (χ1v) is 4.51. The standard InChI is InChI=1S/C10H14N2O/c1-7-3-9-8(6-13)5-12(2)10(9)11-4-7/h3-4,8,13H,5-6H2,1-2H3. The van der Waals surface area contributed by atoms with Gasteiger partial charge in [-0.05, 0) is 12.5 Å². The number of aryl methyl sites for hydroxylation is 1. The first-order valence-electron chi connectivity index (χ1n) is 4.51. The molecule has 3 heteroatoms. The number of pyridine rings is 1. The second-order valence-electron chi connectivity index (χ2n) is 3.69. The number of likely N-dealkylation sites (N-methyl/N-ethyl adjacent to an activating group) is 1. The average Bonchev–Trinajstić information content (AvgIpc) is 2.42. The van der Waals surface area contributed by atoms with Crippen LogP contribution < -0.4 is 4.90 Å². The number of aliphatic hydroxyl groups excluding tert-OH is 1. The summed E-state index contributed by atoms with van der Waals surface area (Å²) in [5.41, 5.74) is 2.34. The monoisotopic (exact) mass is 178 g/mol. The van der Waals surface area contributed by atoms with Gasteiger partial charge in [0.05, 0.1) is 6.61 Å². The topological polar surface area (TPSA) is 36.4 Å². The summed E-state index contributed by atoms with van der Waals surface area (Å²) in [7, 11) is 2.01. The summed E-state index contributed by atoms with van der Waals surface area (Å²) in [5, 5.41) is 9.17. The lowest BCUT2D eigenvalue weighted by Gasteiger charge is -2.09. The fourth-order valence-corrected chi connectivity index (χ4v) is 1.88. The van der Waals surface area contributed by atoms with Crippen molar-refractivity contribution in [3.8, 4) is 0 Å². The highest BCUT2D eigenvalue weighted by molar-refractivity contribution is 5.54. The molecule has 3 nitrogen and oxygen atoms in total. The highest BCUT2D eigenvalue weighted by Crippen LogP contribution is 2.33. The van der Waals surface area contributed by atoms with Crippen LogP contribution >= 0.6 is 0 Å². The molecule has 0 radical (unpaired) electrons. The van der Waals surface area contributed by atoms with E-state index in [4.69, 9.17) is 5.11 Å². The van der Waals surface area contributed by atoms with Crippen molar-refractivity contribution in [2.75, 3.05) is 25.1 Å². The SMILES string of the molecule is Cc1cnc2c(c1)C(CO)CN2C. The maximum atomic E-state index is 9.17. The van der Waals surface area contributed by atoms with Crippen molar-refractivity contribution >= 4 is 5.82 Å². The molecule has 0 bridgehead atoms. The third kappa shape index (κ3) is 1.29. The van der Waals surface area contributed by atoms with Gasteiger partial charge in [0.15, 0.2) is 0 Å². The van der Waals surface area contributed by atoms with Gasteiger partial charge < -0.3 is 10.0 Å². The smallest absolute Gasteiger partial charge is 0.131 e. The maximum absolute atomic E-state index is 9.17. The van der Waals surface area contributed by atoms with E-state index < -0.39 is 0 Å². The lowest BCUT2D eigenvalue weighted by atomic mass is 10.0. The minimum absolute atomic E-state index is 0.211. The Labute approximate surface area is 78.0 Å². The highest BCUT2D eigenvalue weighted by atomic mass is 16.3. The van der Waals surface area contributed by atoms with E-state index in [1.807, 2.05) is 20.2 Å². The van der Waals surface area contributed by atoms with Gasteiger partial charge in [0, 0.05) is 31.3 Å². The summed E-state index contributed by atoms with van der Waals surface area (Å²) in [6, 6.07) is 2.12. The predicted molar refractivity (Wildman–Crippen MR) is 52.1 cm³/mol. The van der Waals surface area contributed by atoms with Gasteiger partial charge >= 0.3 is 0 Å². The van der Waals surface area contributed by atoms with E-state index in [2.05, 4.69) is 16.0 Å². The summed E-state index contributed by atoms with van der Waals surface area (Å²) < 4.78 is 0. The van der Waals surface area contributed by atoms with Crippen LogP contribution in [0.5, 0.6) is 0 Å². The molecular weight excluding hydrogens is 164 g/mol. The van der Waals surface area contributed by atoms with Gasteiger partial charge in [-0.25, -0.2) is 4.98 Å². The Morgan fingerprint density at radius 2 is 2.46 bits per heavy atom. The van der Waals surface area contributed by atoms with E-state index in [1.165, 1.54) is 5.56 Å². The molecule has 0 aromatic carbocycles. The first kappa shape index (κ1) is 8.51. The molecule has 70 valence electrons. The van der Waals surface area contributed by atoms with Gasteiger partial charge in [-0.1, -0.05) is 6.07 Å². The Morgan fingerprint density at radius 1 is 1.69 bits per heavy atom. The summed E-state index contributed by atoms with van der Waals surface area (Å²) in [5.74, 6) is 1.26. The van der Waals surface area contributed by atoms with Gasteiger partial charge in [-0.2, -0.15) is 0 Å². The zero-order valence-corrected chi connectivity index (χ0v) is 7.99. The van der Waals surface area contributed by atoms with E-state index in [-0.39, 0.29) is 12.5 Å². The number of fused-ring (bicyclic) bond motifs is 1. The van der Waals surface area contributed by atoms with Crippen molar-refractivity contribution < 1.29 is 5.11 Å². The highest BCUT2D eigenvalue weighted by Gasteiger charge is 2.26. The Morgan fingerprint density at radius 3 is 3.15 bits per heavy atom. The first-order chi connectivity index (χ1) is 6.22. The fourth-order valence-electron chi connectivity index (χ4n) is 1.88. The number of anilines is 1. The van der Waals surface area contributed by atoms with E-state index in [0.717, 1.165) is 17.9 Å². The number of hydrogen-bond donors (Lipinski definition) is 1. The molecule has 1 N–H and O–H groups in total. The van der Waals surface area contributed by atoms with E-state index in [1.54, 1.807) is 0 Å². The molecule has 1 aromatic rings. The average molecular weight is 178 g/mol. The van der Waals surface area contributed by atoms with Gasteiger partial charge in [-0.3, -0.25) is 0 Å². The quantitative estimate of drug-likeness (QED) is 0.694. The lowest BCUT2D eigenvalue weighted by Crippen LogP contribution is -2.17. The number of rotatable bonds is 1. The molecule has 1 unspecified atom stereocenters. The number of nitrogens with zero attached hydrogens (tertiary/aromatic N) is 2. The zero-order chi connectivity index (χ0) is 9.42. The Hall–Kier alpha value is -1.09. The second kappa shape index (κ2) is 3.00. The molecule has 13 heavy (non-hydrogen) atoms. The maximum Gasteiger partial charge on any atom is 0.131 e. The largest absolute Gasteiger partial charge is 0.396 e. The van der Waals surface area contributed by atoms with Crippen LogP contribution in [0.15, 0.2) is 12.3 Å². The van der Waals surface area contributed by atoms with E-state index in [9.17, 15) is 0 Å². The van der Waals surface area contributed by atoms with Crippen molar-refractivity contribution in [2.24, 2.45) is 0 Å². The van der Waals surface area contributed by atoms with Crippen LogP contribution in [-0.2, 0) is 0 Å². The van der Waals surface area contributed by atoms with Gasteiger partial charge in [-0.15, -0.1) is 0 Å². The summed E-state index contributed by atoms with van der Waals surface area (Å²) in [4.78, 5) is 6.45. The summed E-state index contributed by atoms with van der Waals surface area (Å²) in [6.45, 7) is 3.12. The molecule has 0 saturated carbocycles. The molecule has 1 aromatic heterocycles. The Kier molecular flexibility index (Phi) is 1.96. The minimum Gasteiger partial charge on any atom is -0.396 e. The molecule has 0 fully saturated rings. The van der Waals surface area contributed by atoms with Crippen molar-refractivity contribution in [3.63, 3.8) is 0 Å². The number of aliphatic hydroxyl groups is 1. The van der Waals surface area contributed by atoms with E-state index >= 15 is 0 Å². The molecule has 2 heterocycles. The molecule has 1 aliphatic heterocycles. The second-order valence-corrected chi connectivity index (χ2v) is 3.69. The van der Waals surface area contributed by atoms with Crippen LogP contribution in [0.2, 0.25) is 0 Å². The molecule has 1 atom stereocenters. The lowest BCUT2D eigenvalue weighted by molar-refractivity contribution is 0.271. The predicted octanol–water partition coefficient (Wildman–Crippen LogP) is 0.916. The molecule has 1 aliphatic rings. The third-order valence-electron chi connectivity index (χ3n) is 2.55. The Balaban J connectivity index is 2.46. The zero-order valence-electron chi connectivity index (χ0n) is 7.99. The van der Waals surface area contributed by atoms with Crippen molar-refractivity contribution in [1.29, 1.82) is 0 Å². The summed E-state index contributed by atoms with van der Waals surface area (Å²) in [6.07, 6.45) is 1.87. The van der Waals surface area contributed by atoms with Gasteiger partial charge in [0.2, 0.25) is 0 Å². The van der Waals surface area contributed by atoms with Crippen LogP contribution in [-0.4, -0.2) is 30.3 Å². The molecular formula is C10H14N2O. The van der Waals surface area contributed by atoms with Crippen LogP contribution in [0, 0.1) is 6.92 Å². The van der Waals surface area contributed by atoms with Crippen LogP contribution in [0.25, 0.3) is 0 Å². The number of aromatic nitrogens is 1. The normalized spacial score (nSPS) is 20.5. The molecule has 0 amide bonds. The molecule has 0 saturated heterocycles. The molecule has 0 aliphatic carbocycles. The van der Waals surface area contributed by atoms with Crippen LogP contribution in [0.3, 0.4) is 0 Å². The molecule has 2 rings (SSSR count). The van der Waals surface area contributed by atoms with Crippen LogP contribution in [0.1, 0.15) is 17.0 Å².